The first kappa shape index (κ1) is 18.0. The van der Waals surface area contributed by atoms with Gasteiger partial charge in [0, 0.05) is 30.0 Å². The minimum atomic E-state index is -0.172. The van der Waals surface area contributed by atoms with Gasteiger partial charge in [0.15, 0.2) is 5.78 Å². The summed E-state index contributed by atoms with van der Waals surface area (Å²) in [4.78, 5) is 24.0. The van der Waals surface area contributed by atoms with Crippen molar-refractivity contribution in [3.05, 3.63) is 64.7 Å². The molecule has 0 aliphatic heterocycles. The van der Waals surface area contributed by atoms with Gasteiger partial charge in [-0.1, -0.05) is 29.8 Å². The van der Waals surface area contributed by atoms with Crippen LogP contribution in [0.4, 0.5) is 0 Å². The van der Waals surface area contributed by atoms with Crippen LogP contribution in [0.3, 0.4) is 0 Å². The summed E-state index contributed by atoms with van der Waals surface area (Å²) in [5.41, 5.74) is 1.43. The molecule has 2 aromatic carbocycles. The maximum absolute atomic E-state index is 12.1. The third kappa shape index (κ3) is 5.39. The Labute approximate surface area is 146 Å². The van der Waals surface area contributed by atoms with Crippen LogP contribution in [0.1, 0.15) is 35.7 Å². The normalized spacial score (nSPS) is 10.2. The van der Waals surface area contributed by atoms with E-state index >= 15 is 0 Å². The lowest BCUT2D eigenvalue weighted by Gasteiger charge is -2.07. The van der Waals surface area contributed by atoms with Crippen molar-refractivity contribution in [1.82, 2.24) is 5.32 Å². The Kier molecular flexibility index (Phi) is 6.82. The fraction of sp³-hybridized carbons (Fsp3) is 0.263. The Morgan fingerprint density at radius 2 is 1.75 bits per heavy atom. The Balaban J connectivity index is 1.78. The zero-order chi connectivity index (χ0) is 17.4. The van der Waals surface area contributed by atoms with Crippen molar-refractivity contribution in [3.8, 4) is 5.75 Å². The molecule has 4 nitrogen and oxygen atoms in total. The molecule has 1 N–H and O–H groups in total. The second kappa shape index (κ2) is 9.08. The zero-order valence-corrected chi connectivity index (χ0v) is 14.3. The van der Waals surface area contributed by atoms with Crippen LogP contribution >= 0.6 is 11.6 Å². The highest BCUT2D eigenvalue weighted by Gasteiger charge is 2.10. The molecule has 0 aliphatic rings. The predicted molar refractivity (Wildman–Crippen MR) is 94.5 cm³/mol. The predicted octanol–water partition coefficient (Wildman–Crippen LogP) is 4.02. The Hall–Kier alpha value is -2.33. The molecule has 0 unspecified atom stereocenters. The highest BCUT2D eigenvalue weighted by atomic mass is 35.5. The van der Waals surface area contributed by atoms with Crippen molar-refractivity contribution in [3.63, 3.8) is 0 Å². The van der Waals surface area contributed by atoms with Crippen molar-refractivity contribution in [1.29, 1.82) is 0 Å². The smallest absolute Gasteiger partial charge is 0.220 e. The van der Waals surface area contributed by atoms with Gasteiger partial charge in [-0.2, -0.15) is 0 Å². The van der Waals surface area contributed by atoms with E-state index in [-0.39, 0.29) is 24.5 Å². The van der Waals surface area contributed by atoms with Crippen LogP contribution in [0.15, 0.2) is 48.5 Å². The van der Waals surface area contributed by atoms with E-state index in [1.54, 1.807) is 30.3 Å². The van der Waals surface area contributed by atoms with Gasteiger partial charge in [-0.3, -0.25) is 9.59 Å². The third-order valence-corrected chi connectivity index (χ3v) is 3.87. The lowest BCUT2D eigenvalue weighted by atomic mass is 10.1. The van der Waals surface area contributed by atoms with Crippen molar-refractivity contribution >= 4 is 23.3 Å². The molecule has 5 heteroatoms. The molecule has 0 radical (unpaired) electrons. The first-order valence-electron chi connectivity index (χ1n) is 7.86. The van der Waals surface area contributed by atoms with Gasteiger partial charge in [0.25, 0.3) is 0 Å². The summed E-state index contributed by atoms with van der Waals surface area (Å²) < 4.78 is 5.34. The van der Waals surface area contributed by atoms with Crippen molar-refractivity contribution in [2.75, 3.05) is 6.61 Å². The number of ketones is 1. The molecule has 0 aromatic heterocycles. The Morgan fingerprint density at radius 1 is 1.04 bits per heavy atom. The second-order valence-electron chi connectivity index (χ2n) is 5.25. The lowest BCUT2D eigenvalue weighted by molar-refractivity contribution is -0.121. The Morgan fingerprint density at radius 3 is 2.42 bits per heavy atom. The minimum Gasteiger partial charge on any atom is -0.494 e. The molecular formula is C19H20ClNO3. The van der Waals surface area contributed by atoms with Gasteiger partial charge in [-0.15, -0.1) is 0 Å². The quantitative estimate of drug-likeness (QED) is 0.735. The first-order chi connectivity index (χ1) is 11.6. The van der Waals surface area contributed by atoms with Crippen LogP contribution in [0.25, 0.3) is 0 Å². The highest BCUT2D eigenvalue weighted by Crippen LogP contribution is 2.15. The highest BCUT2D eigenvalue weighted by molar-refractivity contribution is 6.31. The third-order valence-electron chi connectivity index (χ3n) is 3.50. The summed E-state index contributed by atoms with van der Waals surface area (Å²) in [6, 6.07) is 14.3. The number of benzene rings is 2. The van der Waals surface area contributed by atoms with Gasteiger partial charge < -0.3 is 10.1 Å². The molecule has 1 amide bonds. The molecule has 0 atom stereocenters. The molecule has 126 valence electrons. The van der Waals surface area contributed by atoms with Gasteiger partial charge in [0.05, 0.1) is 6.61 Å². The standard InChI is InChI=1S/C19H20ClNO3/c1-2-24-16-9-7-14(8-10-16)18(22)11-12-19(23)21-13-15-5-3-4-6-17(15)20/h3-10H,2,11-13H2,1H3,(H,21,23). The summed E-state index contributed by atoms with van der Waals surface area (Å²) in [5.74, 6) is 0.492. The molecule has 0 heterocycles. The van der Waals surface area contributed by atoms with Crippen LogP contribution in [-0.2, 0) is 11.3 Å². The molecule has 0 spiro atoms. The summed E-state index contributed by atoms with van der Waals surface area (Å²) in [7, 11) is 0. The van der Waals surface area contributed by atoms with E-state index in [0.29, 0.717) is 23.7 Å². The summed E-state index contributed by atoms with van der Waals surface area (Å²) in [5, 5.41) is 3.39. The number of hydrogen-bond donors (Lipinski definition) is 1. The van der Waals surface area contributed by atoms with Crippen molar-refractivity contribution < 1.29 is 14.3 Å². The monoisotopic (exact) mass is 345 g/mol. The zero-order valence-electron chi connectivity index (χ0n) is 13.5. The summed E-state index contributed by atoms with van der Waals surface area (Å²) >= 11 is 6.03. The average Bonchev–Trinajstić information content (AvgIpc) is 2.60. The van der Waals surface area contributed by atoms with Crippen LogP contribution in [0.2, 0.25) is 5.02 Å². The van der Waals surface area contributed by atoms with E-state index in [0.717, 1.165) is 11.3 Å². The van der Waals surface area contributed by atoms with Gasteiger partial charge >= 0.3 is 0 Å². The molecule has 24 heavy (non-hydrogen) atoms. The number of carbonyl (C=O) groups is 2. The van der Waals surface area contributed by atoms with Crippen LogP contribution in [-0.4, -0.2) is 18.3 Å². The molecule has 0 saturated carbocycles. The van der Waals surface area contributed by atoms with Crippen LogP contribution < -0.4 is 10.1 Å². The average molecular weight is 346 g/mol. The van der Waals surface area contributed by atoms with E-state index in [9.17, 15) is 9.59 Å². The van der Waals surface area contributed by atoms with Crippen LogP contribution in [0, 0.1) is 0 Å². The number of hydrogen-bond acceptors (Lipinski definition) is 3. The number of amides is 1. The van der Waals surface area contributed by atoms with Crippen molar-refractivity contribution in [2.24, 2.45) is 0 Å². The number of rotatable bonds is 8. The van der Waals surface area contributed by atoms with E-state index in [4.69, 9.17) is 16.3 Å². The summed E-state index contributed by atoms with van der Waals surface area (Å²) in [6.07, 6.45) is 0.318. The fourth-order valence-corrected chi connectivity index (χ4v) is 2.40. The molecule has 0 saturated heterocycles. The maximum atomic E-state index is 12.1. The Bertz CT molecular complexity index is 698. The largest absolute Gasteiger partial charge is 0.494 e. The van der Waals surface area contributed by atoms with E-state index < -0.39 is 0 Å². The van der Waals surface area contributed by atoms with E-state index in [1.165, 1.54) is 0 Å². The molecule has 0 aliphatic carbocycles. The number of Topliss-reactive ketones (excluding diaryl/α,β-unsaturated/α-hetero) is 1. The first-order valence-corrected chi connectivity index (χ1v) is 8.24. The lowest BCUT2D eigenvalue weighted by Crippen LogP contribution is -2.23. The van der Waals surface area contributed by atoms with Gasteiger partial charge in [-0.05, 0) is 42.8 Å². The number of carbonyl (C=O) groups excluding carboxylic acids is 2. The van der Waals surface area contributed by atoms with Gasteiger partial charge in [-0.25, -0.2) is 0 Å². The molecule has 2 rings (SSSR count). The number of nitrogens with one attached hydrogen (secondary N) is 1. The number of halogens is 1. The van der Waals surface area contributed by atoms with E-state index in [2.05, 4.69) is 5.32 Å². The molecule has 0 fully saturated rings. The maximum Gasteiger partial charge on any atom is 0.220 e. The fourth-order valence-electron chi connectivity index (χ4n) is 2.20. The van der Waals surface area contributed by atoms with Crippen LogP contribution in [0.5, 0.6) is 5.75 Å². The molecule has 0 bridgehead atoms. The van der Waals surface area contributed by atoms with E-state index in [1.807, 2.05) is 25.1 Å². The molecule has 2 aromatic rings. The topological polar surface area (TPSA) is 55.4 Å². The van der Waals surface area contributed by atoms with Crippen molar-refractivity contribution in [2.45, 2.75) is 26.3 Å². The second-order valence-corrected chi connectivity index (χ2v) is 5.66. The summed E-state index contributed by atoms with van der Waals surface area (Å²) in [6.45, 7) is 2.84. The van der Waals surface area contributed by atoms with Gasteiger partial charge in [0.1, 0.15) is 5.75 Å². The molecular weight excluding hydrogens is 326 g/mol. The van der Waals surface area contributed by atoms with Gasteiger partial charge in [0.2, 0.25) is 5.91 Å². The number of ether oxygens (including phenoxy) is 1. The minimum absolute atomic E-state index is 0.0639. The SMILES string of the molecule is CCOc1ccc(C(=O)CCC(=O)NCc2ccccc2Cl)cc1.